The van der Waals surface area contributed by atoms with Crippen LogP contribution < -0.4 is 14.8 Å². The first-order valence-corrected chi connectivity index (χ1v) is 14.9. The predicted molar refractivity (Wildman–Crippen MR) is 163 cm³/mol. The highest BCUT2D eigenvalue weighted by molar-refractivity contribution is 6.30. The minimum Gasteiger partial charge on any atom is -0.490 e. The van der Waals surface area contributed by atoms with E-state index in [1.165, 1.54) is 0 Å². The van der Waals surface area contributed by atoms with E-state index in [1.54, 1.807) is 0 Å². The zero-order chi connectivity index (χ0) is 29.5. The smallest absolute Gasteiger partial charge is 0.165 e. The maximum atomic E-state index is 13.8. The third-order valence-electron chi connectivity index (χ3n) is 8.17. The number of halogens is 1. The molecule has 0 spiro atoms. The van der Waals surface area contributed by atoms with Crippen molar-refractivity contribution in [3.63, 3.8) is 0 Å². The third-order valence-corrected chi connectivity index (χ3v) is 8.42. The maximum absolute atomic E-state index is 13.8. The van der Waals surface area contributed by atoms with Crippen LogP contribution in [0.2, 0.25) is 5.02 Å². The van der Waals surface area contributed by atoms with Gasteiger partial charge in [0, 0.05) is 51.9 Å². The molecule has 3 aliphatic rings. The van der Waals surface area contributed by atoms with Gasteiger partial charge in [0.25, 0.3) is 0 Å². The molecule has 2 aliphatic carbocycles. The van der Waals surface area contributed by atoms with Gasteiger partial charge in [0.1, 0.15) is 6.61 Å². The van der Waals surface area contributed by atoms with Gasteiger partial charge >= 0.3 is 0 Å². The molecule has 1 aliphatic heterocycles. The van der Waals surface area contributed by atoms with Crippen molar-refractivity contribution in [3.8, 4) is 11.5 Å². The Labute approximate surface area is 248 Å². The first-order valence-electron chi connectivity index (χ1n) is 14.5. The Kier molecular flexibility index (Phi) is 7.95. The summed E-state index contributed by atoms with van der Waals surface area (Å²) < 4.78 is 12.5. The van der Waals surface area contributed by atoms with Crippen molar-refractivity contribution in [1.82, 2.24) is 5.32 Å². The van der Waals surface area contributed by atoms with Crippen LogP contribution in [-0.4, -0.2) is 18.2 Å². The molecule has 0 fully saturated rings. The van der Waals surface area contributed by atoms with E-state index >= 15 is 0 Å². The molecule has 0 unspecified atom stereocenters. The Morgan fingerprint density at radius 1 is 0.927 bits per heavy atom. The fourth-order valence-electron chi connectivity index (χ4n) is 6.54. The molecule has 0 amide bonds. The van der Waals surface area contributed by atoms with Crippen molar-refractivity contribution in [2.24, 2.45) is 10.8 Å². The number of rotatable bonds is 8. The summed E-state index contributed by atoms with van der Waals surface area (Å²) in [7, 11) is 0. The van der Waals surface area contributed by atoms with E-state index in [4.69, 9.17) is 21.1 Å². The van der Waals surface area contributed by atoms with Crippen LogP contribution >= 0.6 is 11.6 Å². The Morgan fingerprint density at radius 3 is 2.05 bits per heavy atom. The summed E-state index contributed by atoms with van der Waals surface area (Å²) in [5, 5.41) is 4.27. The van der Waals surface area contributed by atoms with E-state index in [0.717, 1.165) is 52.1 Å². The largest absolute Gasteiger partial charge is 0.490 e. The zero-order valence-electron chi connectivity index (χ0n) is 24.8. The van der Waals surface area contributed by atoms with Gasteiger partial charge in [0.15, 0.2) is 23.1 Å². The number of hydrogen-bond acceptors (Lipinski definition) is 5. The van der Waals surface area contributed by atoms with Crippen molar-refractivity contribution in [1.29, 1.82) is 0 Å². The van der Waals surface area contributed by atoms with Gasteiger partial charge in [-0.2, -0.15) is 0 Å². The molecule has 5 nitrogen and oxygen atoms in total. The van der Waals surface area contributed by atoms with Gasteiger partial charge in [-0.15, -0.1) is 6.58 Å². The minimum atomic E-state index is -0.443. The average Bonchev–Trinajstić information content (AvgIpc) is 2.86. The van der Waals surface area contributed by atoms with Gasteiger partial charge in [-0.1, -0.05) is 63.6 Å². The second-order valence-electron chi connectivity index (χ2n) is 13.1. The SMILES string of the molecule is C=CCc1cc(C2C3=C(CC(C)(C)CC3=O)NC3=C2C(=O)CC(C)(C)C3)cc(OCC)c1OCc1ccc(Cl)cc1. The number of dihydropyridines is 1. The lowest BCUT2D eigenvalue weighted by Gasteiger charge is -2.44. The van der Waals surface area contributed by atoms with E-state index in [2.05, 4.69) is 45.7 Å². The van der Waals surface area contributed by atoms with Crippen LogP contribution in [0.5, 0.6) is 11.5 Å². The van der Waals surface area contributed by atoms with Crippen LogP contribution in [0.3, 0.4) is 0 Å². The molecule has 216 valence electrons. The van der Waals surface area contributed by atoms with Crippen LogP contribution in [0.15, 0.2) is 71.6 Å². The molecule has 0 atom stereocenters. The molecule has 0 saturated heterocycles. The maximum Gasteiger partial charge on any atom is 0.165 e. The van der Waals surface area contributed by atoms with Crippen LogP contribution in [-0.2, 0) is 22.6 Å². The van der Waals surface area contributed by atoms with Crippen molar-refractivity contribution in [2.75, 3.05) is 6.61 Å². The topological polar surface area (TPSA) is 64.6 Å². The highest BCUT2D eigenvalue weighted by Gasteiger charge is 2.46. The Morgan fingerprint density at radius 2 is 1.51 bits per heavy atom. The molecule has 1 N–H and O–H groups in total. The summed E-state index contributed by atoms with van der Waals surface area (Å²) in [6.45, 7) is 15.2. The molecular formula is C35H40ClNO4. The second-order valence-corrected chi connectivity index (χ2v) is 13.5. The summed E-state index contributed by atoms with van der Waals surface area (Å²) in [4.78, 5) is 27.6. The highest BCUT2D eigenvalue weighted by atomic mass is 35.5. The molecule has 6 heteroatoms. The van der Waals surface area contributed by atoms with E-state index < -0.39 is 5.92 Å². The van der Waals surface area contributed by atoms with E-state index in [-0.39, 0.29) is 22.4 Å². The molecular weight excluding hydrogens is 534 g/mol. The van der Waals surface area contributed by atoms with Crippen LogP contribution in [0.25, 0.3) is 0 Å². The summed E-state index contributed by atoms with van der Waals surface area (Å²) in [6, 6.07) is 11.6. The van der Waals surface area contributed by atoms with Gasteiger partial charge < -0.3 is 14.8 Å². The molecule has 0 radical (unpaired) electrons. The fraction of sp³-hybridized carbons (Fsp3) is 0.429. The first kappa shape index (κ1) is 29.2. The molecule has 1 heterocycles. The standard InChI is InChI=1S/C35H40ClNO4/c1-7-9-22-14-23(15-29(40-8-2)33(22)41-20-21-10-12-24(36)13-11-21)30-31-25(16-34(3,4)18-27(31)38)37-26-17-35(5,6)19-28(39)32(26)30/h7,10-15,30,37H,1,8-9,16-20H2,2-6H3. The summed E-state index contributed by atoms with van der Waals surface area (Å²) in [5.41, 5.74) is 5.82. The highest BCUT2D eigenvalue weighted by Crippen LogP contribution is 2.52. The lowest BCUT2D eigenvalue weighted by Crippen LogP contribution is -2.42. The lowest BCUT2D eigenvalue weighted by atomic mass is 9.64. The minimum absolute atomic E-state index is 0.101. The molecule has 0 bridgehead atoms. The van der Waals surface area contributed by atoms with Gasteiger partial charge in [0.2, 0.25) is 0 Å². The van der Waals surface area contributed by atoms with Gasteiger partial charge in [-0.05, 0) is 66.3 Å². The van der Waals surface area contributed by atoms with Gasteiger partial charge in [-0.25, -0.2) is 0 Å². The van der Waals surface area contributed by atoms with Crippen molar-refractivity contribution >= 4 is 23.2 Å². The molecule has 2 aromatic rings. The number of benzene rings is 2. The summed E-state index contributed by atoms with van der Waals surface area (Å²) in [6.07, 6.45) is 4.81. The van der Waals surface area contributed by atoms with Crippen LogP contribution in [0.1, 0.15) is 82.9 Å². The monoisotopic (exact) mass is 573 g/mol. The van der Waals surface area contributed by atoms with E-state index in [0.29, 0.717) is 49.0 Å². The number of Topliss-reactive ketones (excluding diaryl/α,β-unsaturated/α-hetero) is 2. The van der Waals surface area contributed by atoms with Crippen molar-refractivity contribution in [2.45, 2.75) is 79.2 Å². The Balaban J connectivity index is 1.65. The third kappa shape index (κ3) is 6.01. The normalized spacial score (nSPS) is 19.9. The lowest BCUT2D eigenvalue weighted by molar-refractivity contribution is -0.119. The number of allylic oxidation sites excluding steroid dienone is 5. The van der Waals surface area contributed by atoms with Crippen LogP contribution in [0.4, 0.5) is 0 Å². The summed E-state index contributed by atoms with van der Waals surface area (Å²) >= 11 is 6.07. The number of nitrogens with one attached hydrogen (secondary N) is 1. The summed E-state index contributed by atoms with van der Waals surface area (Å²) in [5.74, 6) is 1.01. The van der Waals surface area contributed by atoms with Gasteiger partial charge in [0.05, 0.1) is 6.61 Å². The van der Waals surface area contributed by atoms with E-state index in [1.807, 2.05) is 43.3 Å². The van der Waals surface area contributed by atoms with Crippen molar-refractivity contribution < 1.29 is 19.1 Å². The first-order chi connectivity index (χ1) is 19.4. The fourth-order valence-corrected chi connectivity index (χ4v) is 6.67. The number of hydrogen-bond donors (Lipinski definition) is 1. The number of ether oxygens (including phenoxy) is 2. The van der Waals surface area contributed by atoms with Crippen molar-refractivity contribution in [3.05, 3.63) is 93.3 Å². The molecule has 2 aromatic carbocycles. The zero-order valence-corrected chi connectivity index (χ0v) is 25.5. The predicted octanol–water partition coefficient (Wildman–Crippen LogP) is 8.02. The molecule has 0 aromatic heterocycles. The molecule has 41 heavy (non-hydrogen) atoms. The molecule has 5 rings (SSSR count). The quantitative estimate of drug-likeness (QED) is 0.324. The average molecular weight is 574 g/mol. The molecule has 0 saturated carbocycles. The second kappa shape index (κ2) is 11.2. The van der Waals surface area contributed by atoms with Crippen LogP contribution in [0, 0.1) is 10.8 Å². The van der Waals surface area contributed by atoms with E-state index in [9.17, 15) is 9.59 Å². The number of carbonyl (C=O) groups is 2. The number of ketones is 2. The Bertz CT molecular complexity index is 1410. The van der Waals surface area contributed by atoms with Gasteiger partial charge in [-0.3, -0.25) is 9.59 Å². The number of carbonyl (C=O) groups excluding carboxylic acids is 2. The Hall–Kier alpha value is -3.31.